The van der Waals surface area contributed by atoms with E-state index in [4.69, 9.17) is 15.6 Å². The van der Waals surface area contributed by atoms with Crippen molar-refractivity contribution in [2.24, 2.45) is 0 Å². The highest BCUT2D eigenvalue weighted by Crippen LogP contribution is 2.40. The number of aliphatic hydroxyl groups excluding tert-OH is 1. The van der Waals surface area contributed by atoms with Crippen LogP contribution in [0, 0.1) is 12.3 Å². The first-order valence-electron chi connectivity index (χ1n) is 7.11. The number of methoxy groups -OCH3 is 1. The van der Waals surface area contributed by atoms with Gasteiger partial charge >= 0.3 is 0 Å². The van der Waals surface area contributed by atoms with Crippen LogP contribution in [0.5, 0.6) is 11.5 Å². The van der Waals surface area contributed by atoms with Gasteiger partial charge < -0.3 is 14.3 Å². The number of hydrogen-bond donors (Lipinski definition) is 1. The Labute approximate surface area is 129 Å². The van der Waals surface area contributed by atoms with E-state index in [9.17, 15) is 5.11 Å². The first-order chi connectivity index (χ1) is 9.62. The quantitative estimate of drug-likeness (QED) is 0.656. The second-order valence-electron chi connectivity index (χ2n) is 6.70. The topological polar surface area (TPSA) is 38.7 Å². The second kappa shape index (κ2) is 6.55. The molecular weight excluding hydrogens is 280 g/mol. The average molecular weight is 306 g/mol. The van der Waals surface area contributed by atoms with Crippen LogP contribution in [0.25, 0.3) is 0 Å². The van der Waals surface area contributed by atoms with E-state index in [2.05, 4.69) is 39.8 Å². The molecule has 0 fully saturated rings. The molecule has 0 heterocycles. The van der Waals surface area contributed by atoms with Crippen molar-refractivity contribution in [3.05, 3.63) is 23.8 Å². The second-order valence-corrected chi connectivity index (χ2v) is 11.4. The molecule has 0 aliphatic rings. The van der Waals surface area contributed by atoms with Gasteiger partial charge in [-0.2, -0.15) is 0 Å². The van der Waals surface area contributed by atoms with Crippen molar-refractivity contribution in [3.8, 4) is 23.8 Å². The molecule has 3 nitrogen and oxygen atoms in total. The van der Waals surface area contributed by atoms with Crippen molar-refractivity contribution >= 4 is 8.32 Å². The Morgan fingerprint density at radius 2 is 1.90 bits per heavy atom. The molecule has 1 aromatic rings. The fraction of sp³-hybridized carbons (Fsp3) is 0.529. The van der Waals surface area contributed by atoms with Gasteiger partial charge in [0, 0.05) is 6.42 Å². The summed E-state index contributed by atoms with van der Waals surface area (Å²) in [6.45, 7) is 10.9. The molecule has 0 aliphatic carbocycles. The van der Waals surface area contributed by atoms with Crippen molar-refractivity contribution in [1.29, 1.82) is 0 Å². The number of ether oxygens (including phenoxy) is 1. The van der Waals surface area contributed by atoms with Gasteiger partial charge in [0.1, 0.15) is 5.75 Å². The molecule has 1 atom stereocenters. The summed E-state index contributed by atoms with van der Waals surface area (Å²) in [5.41, 5.74) is 0.752. The molecule has 1 unspecified atom stereocenters. The Hall–Kier alpha value is -1.44. The van der Waals surface area contributed by atoms with Crippen LogP contribution in [-0.4, -0.2) is 20.5 Å². The molecule has 0 radical (unpaired) electrons. The number of hydrogen-bond acceptors (Lipinski definition) is 3. The smallest absolute Gasteiger partial charge is 0.250 e. The molecule has 116 valence electrons. The molecule has 0 aliphatic heterocycles. The number of aliphatic hydroxyl groups is 1. The fourth-order valence-corrected chi connectivity index (χ4v) is 2.65. The first-order valence-corrected chi connectivity index (χ1v) is 10.0. The highest BCUT2D eigenvalue weighted by molar-refractivity contribution is 6.74. The standard InChI is InChI=1S/C17H26O3Si/c1-8-9-14(18)13-10-11-15(19-5)16(12-13)20-21(6,7)17(2,3)4/h1,10-12,14,18H,9H2,2-7H3. The van der Waals surface area contributed by atoms with E-state index >= 15 is 0 Å². The monoisotopic (exact) mass is 306 g/mol. The number of terminal acetylenes is 1. The molecule has 0 aromatic heterocycles. The summed E-state index contributed by atoms with van der Waals surface area (Å²) < 4.78 is 11.7. The lowest BCUT2D eigenvalue weighted by atomic mass is 10.1. The van der Waals surface area contributed by atoms with E-state index in [1.54, 1.807) is 7.11 Å². The van der Waals surface area contributed by atoms with Crippen LogP contribution in [0.2, 0.25) is 18.1 Å². The molecule has 1 aromatic carbocycles. The molecule has 0 saturated carbocycles. The Kier molecular flexibility index (Phi) is 5.49. The van der Waals surface area contributed by atoms with Crippen molar-refractivity contribution in [2.45, 2.75) is 51.4 Å². The summed E-state index contributed by atoms with van der Waals surface area (Å²) in [6.07, 6.45) is 4.87. The van der Waals surface area contributed by atoms with E-state index in [1.165, 1.54) is 0 Å². The highest BCUT2D eigenvalue weighted by atomic mass is 28.4. The summed E-state index contributed by atoms with van der Waals surface area (Å²) >= 11 is 0. The summed E-state index contributed by atoms with van der Waals surface area (Å²) in [5.74, 6) is 3.83. The van der Waals surface area contributed by atoms with Crippen LogP contribution in [0.15, 0.2) is 18.2 Å². The van der Waals surface area contributed by atoms with Crippen molar-refractivity contribution in [1.82, 2.24) is 0 Å². The minimum absolute atomic E-state index is 0.0887. The summed E-state index contributed by atoms with van der Waals surface area (Å²) in [5, 5.41) is 10.1. The maximum atomic E-state index is 10.0. The summed E-state index contributed by atoms with van der Waals surface area (Å²) in [7, 11) is -0.355. The fourth-order valence-electron chi connectivity index (χ4n) is 1.64. The molecule has 4 heteroatoms. The Bertz CT molecular complexity index is 524. The maximum Gasteiger partial charge on any atom is 0.250 e. The zero-order chi connectivity index (χ0) is 16.3. The SMILES string of the molecule is C#CCC(O)c1ccc(OC)c(O[Si](C)(C)C(C)(C)C)c1. The van der Waals surface area contributed by atoms with Gasteiger partial charge in [-0.1, -0.05) is 26.8 Å². The van der Waals surface area contributed by atoms with Gasteiger partial charge in [-0.3, -0.25) is 0 Å². The molecule has 21 heavy (non-hydrogen) atoms. The van der Waals surface area contributed by atoms with Crippen LogP contribution in [0.4, 0.5) is 0 Å². The Balaban J connectivity index is 3.16. The van der Waals surface area contributed by atoms with E-state index in [0.717, 1.165) is 5.56 Å². The Morgan fingerprint density at radius 3 is 2.38 bits per heavy atom. The lowest BCUT2D eigenvalue weighted by molar-refractivity contribution is 0.183. The lowest BCUT2D eigenvalue weighted by Gasteiger charge is -2.37. The molecule has 0 bridgehead atoms. The molecule has 0 saturated heterocycles. The van der Waals surface area contributed by atoms with Crippen LogP contribution in [-0.2, 0) is 0 Å². The predicted molar refractivity (Wildman–Crippen MR) is 89.2 cm³/mol. The molecular formula is C17H26O3Si. The van der Waals surface area contributed by atoms with Gasteiger partial charge in [-0.15, -0.1) is 12.3 Å². The van der Waals surface area contributed by atoms with Crippen molar-refractivity contribution in [3.63, 3.8) is 0 Å². The van der Waals surface area contributed by atoms with E-state index in [-0.39, 0.29) is 11.5 Å². The summed E-state index contributed by atoms with van der Waals surface area (Å²) in [4.78, 5) is 0. The van der Waals surface area contributed by atoms with Crippen LogP contribution in [0.1, 0.15) is 38.9 Å². The van der Waals surface area contributed by atoms with Gasteiger partial charge in [-0.25, -0.2) is 0 Å². The predicted octanol–water partition coefficient (Wildman–Crippen LogP) is 4.14. The molecule has 1 rings (SSSR count). The third-order valence-corrected chi connectivity index (χ3v) is 8.40. The van der Waals surface area contributed by atoms with E-state index in [0.29, 0.717) is 11.5 Å². The zero-order valence-corrected chi connectivity index (χ0v) is 14.9. The van der Waals surface area contributed by atoms with E-state index in [1.807, 2.05) is 18.2 Å². The van der Waals surface area contributed by atoms with Crippen LogP contribution < -0.4 is 9.16 Å². The van der Waals surface area contributed by atoms with Crippen LogP contribution in [0.3, 0.4) is 0 Å². The van der Waals surface area contributed by atoms with E-state index < -0.39 is 14.4 Å². The van der Waals surface area contributed by atoms with Crippen LogP contribution >= 0.6 is 0 Å². The van der Waals surface area contributed by atoms with Gasteiger partial charge in [0.25, 0.3) is 8.32 Å². The maximum absolute atomic E-state index is 10.0. The van der Waals surface area contributed by atoms with Gasteiger partial charge in [0.2, 0.25) is 0 Å². The summed E-state index contributed by atoms with van der Waals surface area (Å²) in [6, 6.07) is 5.47. The van der Waals surface area contributed by atoms with Gasteiger partial charge in [0.05, 0.1) is 13.2 Å². The number of benzene rings is 1. The van der Waals surface area contributed by atoms with Crippen molar-refractivity contribution in [2.75, 3.05) is 7.11 Å². The third-order valence-electron chi connectivity index (χ3n) is 4.05. The third kappa shape index (κ3) is 4.26. The average Bonchev–Trinajstić information content (AvgIpc) is 2.37. The number of rotatable bonds is 5. The normalized spacial score (nSPS) is 13.4. The van der Waals surface area contributed by atoms with Gasteiger partial charge in [-0.05, 0) is 35.8 Å². The minimum atomic E-state index is -1.97. The molecule has 1 N–H and O–H groups in total. The van der Waals surface area contributed by atoms with Gasteiger partial charge in [0.15, 0.2) is 5.75 Å². The first kappa shape index (κ1) is 17.6. The Morgan fingerprint density at radius 1 is 1.29 bits per heavy atom. The largest absolute Gasteiger partial charge is 0.541 e. The molecule has 0 amide bonds. The molecule has 0 spiro atoms. The minimum Gasteiger partial charge on any atom is -0.541 e. The lowest BCUT2D eigenvalue weighted by Crippen LogP contribution is -2.43. The highest BCUT2D eigenvalue weighted by Gasteiger charge is 2.39. The van der Waals surface area contributed by atoms with Crippen molar-refractivity contribution < 1.29 is 14.3 Å². The zero-order valence-electron chi connectivity index (χ0n) is 13.9.